The number of carbonyl (C=O) groups excluding carboxylic acids is 1. The third kappa shape index (κ3) is 4.44. The molecule has 0 saturated carbocycles. The van der Waals surface area contributed by atoms with E-state index in [2.05, 4.69) is 5.32 Å². The van der Waals surface area contributed by atoms with Crippen LogP contribution in [0.25, 0.3) is 0 Å². The molecule has 0 aliphatic carbocycles. The lowest BCUT2D eigenvalue weighted by atomic mass is 10.3. The summed E-state index contributed by atoms with van der Waals surface area (Å²) in [5.74, 6) is -2.07. The van der Waals surface area contributed by atoms with Gasteiger partial charge in [0.2, 0.25) is 5.91 Å². The monoisotopic (exact) mass is 211 g/mol. The van der Waals surface area contributed by atoms with Gasteiger partial charge in [-0.2, -0.15) is 0 Å². The molecule has 82 valence electrons. The Hall–Kier alpha value is -1.59. The quantitative estimate of drug-likeness (QED) is 0.642. The van der Waals surface area contributed by atoms with Crippen molar-refractivity contribution in [3.8, 4) is 5.75 Å². The Bertz CT molecular complexity index is 339. The molecule has 0 radical (unpaired) electrons. The fourth-order valence-corrected chi connectivity index (χ4v) is 1.03. The summed E-state index contributed by atoms with van der Waals surface area (Å²) in [6, 6.07) is 6.25. The van der Waals surface area contributed by atoms with Crippen molar-refractivity contribution >= 4 is 11.6 Å². The topological polar surface area (TPSA) is 78.8 Å². The smallest absolute Gasteiger partial charge is 0.318 e. The van der Waals surface area contributed by atoms with Crippen LogP contribution in [0.3, 0.4) is 0 Å². The zero-order valence-corrected chi connectivity index (χ0v) is 8.52. The number of rotatable bonds is 3. The van der Waals surface area contributed by atoms with Crippen LogP contribution < -0.4 is 10.1 Å². The highest BCUT2D eigenvalue weighted by molar-refractivity contribution is 5.88. The van der Waals surface area contributed by atoms with E-state index in [0.29, 0.717) is 11.4 Å². The second-order valence-electron chi connectivity index (χ2n) is 3.24. The van der Waals surface area contributed by atoms with Gasteiger partial charge in [0.05, 0.1) is 0 Å². The summed E-state index contributed by atoms with van der Waals surface area (Å²) in [5, 5.41) is 20.5. The molecular weight excluding hydrogens is 198 g/mol. The SMILES string of the molecule is CC(=O)Nc1ccc(OC(C)(O)O)cc1. The molecule has 5 heteroatoms. The summed E-state index contributed by atoms with van der Waals surface area (Å²) in [6.07, 6.45) is 0. The summed E-state index contributed by atoms with van der Waals surface area (Å²) in [6.45, 7) is 2.51. The van der Waals surface area contributed by atoms with Crippen LogP contribution in [0.5, 0.6) is 5.75 Å². The fraction of sp³-hybridized carbons (Fsp3) is 0.300. The van der Waals surface area contributed by atoms with Crippen molar-refractivity contribution in [2.45, 2.75) is 19.8 Å². The Balaban J connectivity index is 2.68. The molecule has 3 N–H and O–H groups in total. The lowest BCUT2D eigenvalue weighted by Crippen LogP contribution is -2.30. The molecule has 0 heterocycles. The van der Waals surface area contributed by atoms with Crippen LogP contribution in [0.15, 0.2) is 24.3 Å². The number of amides is 1. The van der Waals surface area contributed by atoms with Crippen LogP contribution >= 0.6 is 0 Å². The standard InChI is InChI=1S/C10H13NO4/c1-7(12)11-8-3-5-9(6-4-8)15-10(2,13)14/h3-6,13-14H,1-2H3,(H,11,12). The first-order valence-electron chi connectivity index (χ1n) is 4.38. The van der Waals surface area contributed by atoms with E-state index in [4.69, 9.17) is 14.9 Å². The number of benzene rings is 1. The van der Waals surface area contributed by atoms with Crippen molar-refractivity contribution in [1.82, 2.24) is 0 Å². The minimum atomic E-state index is -2.20. The van der Waals surface area contributed by atoms with Crippen molar-refractivity contribution in [3.63, 3.8) is 0 Å². The van der Waals surface area contributed by atoms with Crippen LogP contribution in [0.2, 0.25) is 0 Å². The van der Waals surface area contributed by atoms with E-state index in [1.807, 2.05) is 0 Å². The number of nitrogens with one attached hydrogen (secondary N) is 1. The maximum atomic E-state index is 10.7. The molecule has 0 saturated heterocycles. The van der Waals surface area contributed by atoms with E-state index < -0.39 is 5.97 Å². The Morgan fingerprint density at radius 1 is 1.33 bits per heavy atom. The van der Waals surface area contributed by atoms with Gasteiger partial charge in [0, 0.05) is 19.5 Å². The van der Waals surface area contributed by atoms with Gasteiger partial charge >= 0.3 is 5.97 Å². The van der Waals surface area contributed by atoms with E-state index in [1.165, 1.54) is 19.1 Å². The first-order chi connectivity index (χ1) is 6.87. The van der Waals surface area contributed by atoms with Crippen LogP contribution in [0.4, 0.5) is 5.69 Å². The highest BCUT2D eigenvalue weighted by atomic mass is 16.8. The first kappa shape index (κ1) is 11.5. The molecule has 0 aliphatic heterocycles. The molecule has 0 aromatic heterocycles. The van der Waals surface area contributed by atoms with Gasteiger partial charge in [-0.1, -0.05) is 0 Å². The highest BCUT2D eigenvalue weighted by Gasteiger charge is 2.16. The van der Waals surface area contributed by atoms with Crippen LogP contribution in [-0.2, 0) is 4.79 Å². The normalized spacial score (nSPS) is 10.9. The molecule has 0 bridgehead atoms. The number of aliphatic hydroxyl groups is 2. The van der Waals surface area contributed by atoms with Crippen LogP contribution in [0.1, 0.15) is 13.8 Å². The van der Waals surface area contributed by atoms with Gasteiger partial charge in [-0.05, 0) is 24.3 Å². The predicted octanol–water partition coefficient (Wildman–Crippen LogP) is 0.682. The number of hydrogen-bond acceptors (Lipinski definition) is 4. The molecule has 1 aromatic carbocycles. The van der Waals surface area contributed by atoms with E-state index in [1.54, 1.807) is 12.1 Å². The minimum absolute atomic E-state index is 0.169. The molecule has 0 unspecified atom stereocenters. The Labute approximate surface area is 87.3 Å². The maximum Gasteiger partial charge on any atom is 0.318 e. The minimum Gasteiger partial charge on any atom is -0.439 e. The van der Waals surface area contributed by atoms with Gasteiger partial charge in [-0.15, -0.1) is 0 Å². The van der Waals surface area contributed by atoms with E-state index in [9.17, 15) is 4.79 Å². The van der Waals surface area contributed by atoms with Gasteiger partial charge in [0.1, 0.15) is 5.75 Å². The third-order valence-electron chi connectivity index (χ3n) is 1.49. The zero-order chi connectivity index (χ0) is 11.5. The summed E-state index contributed by atoms with van der Waals surface area (Å²) < 4.78 is 4.76. The van der Waals surface area contributed by atoms with Gasteiger partial charge in [0.15, 0.2) is 0 Å². The van der Waals surface area contributed by atoms with Crippen molar-refractivity contribution in [2.75, 3.05) is 5.32 Å². The zero-order valence-electron chi connectivity index (χ0n) is 8.52. The van der Waals surface area contributed by atoms with Gasteiger partial charge in [-0.25, -0.2) is 0 Å². The molecule has 5 nitrogen and oxygen atoms in total. The highest BCUT2D eigenvalue weighted by Crippen LogP contribution is 2.18. The third-order valence-corrected chi connectivity index (χ3v) is 1.49. The molecule has 1 amide bonds. The maximum absolute atomic E-state index is 10.7. The Kier molecular flexibility index (Phi) is 3.28. The average molecular weight is 211 g/mol. The molecule has 1 rings (SSSR count). The molecule has 0 fully saturated rings. The summed E-state index contributed by atoms with van der Waals surface area (Å²) in [7, 11) is 0. The molecule has 15 heavy (non-hydrogen) atoms. The van der Waals surface area contributed by atoms with Gasteiger partial charge in [0.25, 0.3) is 0 Å². The molecule has 0 aliphatic rings. The molecule has 0 atom stereocenters. The lowest BCUT2D eigenvalue weighted by Gasteiger charge is -2.17. The summed E-state index contributed by atoms with van der Waals surface area (Å²) in [4.78, 5) is 10.7. The van der Waals surface area contributed by atoms with Crippen molar-refractivity contribution in [1.29, 1.82) is 0 Å². The fourth-order valence-electron chi connectivity index (χ4n) is 1.03. The Morgan fingerprint density at radius 2 is 1.87 bits per heavy atom. The largest absolute Gasteiger partial charge is 0.439 e. The van der Waals surface area contributed by atoms with Crippen LogP contribution in [-0.4, -0.2) is 22.1 Å². The predicted molar refractivity (Wildman–Crippen MR) is 54.2 cm³/mol. The van der Waals surface area contributed by atoms with Crippen molar-refractivity contribution < 1.29 is 19.7 Å². The second kappa shape index (κ2) is 4.29. The van der Waals surface area contributed by atoms with Gasteiger partial charge in [-0.3, -0.25) is 4.79 Å². The summed E-state index contributed by atoms with van der Waals surface area (Å²) >= 11 is 0. The summed E-state index contributed by atoms with van der Waals surface area (Å²) in [5.41, 5.74) is 0.618. The van der Waals surface area contributed by atoms with E-state index >= 15 is 0 Å². The van der Waals surface area contributed by atoms with E-state index in [0.717, 1.165) is 6.92 Å². The molecule has 1 aromatic rings. The van der Waals surface area contributed by atoms with Crippen molar-refractivity contribution in [3.05, 3.63) is 24.3 Å². The van der Waals surface area contributed by atoms with Crippen molar-refractivity contribution in [2.24, 2.45) is 0 Å². The lowest BCUT2D eigenvalue weighted by molar-refractivity contribution is -0.277. The number of anilines is 1. The Morgan fingerprint density at radius 3 is 2.27 bits per heavy atom. The second-order valence-corrected chi connectivity index (χ2v) is 3.24. The molecular formula is C10H13NO4. The first-order valence-corrected chi connectivity index (χ1v) is 4.38. The van der Waals surface area contributed by atoms with E-state index in [-0.39, 0.29) is 5.91 Å². The molecule has 0 spiro atoms. The van der Waals surface area contributed by atoms with Gasteiger partial charge < -0.3 is 20.3 Å². The number of ether oxygens (including phenoxy) is 1. The number of carbonyl (C=O) groups is 1. The average Bonchev–Trinajstić information content (AvgIpc) is 2.05. The number of hydrogen-bond donors (Lipinski definition) is 3. The van der Waals surface area contributed by atoms with Crippen LogP contribution in [0, 0.1) is 0 Å².